The van der Waals surface area contributed by atoms with Crippen LogP contribution in [-0.4, -0.2) is 72.8 Å². The number of ether oxygens (including phenoxy) is 1. The lowest BCUT2D eigenvalue weighted by Crippen LogP contribution is -2.43. The number of hydrogen-bond acceptors (Lipinski definition) is 7. The Kier molecular flexibility index (Phi) is 8.46. The van der Waals surface area contributed by atoms with Crippen molar-refractivity contribution < 1.29 is 13.9 Å². The Morgan fingerprint density at radius 3 is 2.69 bits per heavy atom. The summed E-state index contributed by atoms with van der Waals surface area (Å²) in [6, 6.07) is 8.06. The third-order valence-corrected chi connectivity index (χ3v) is 5.84. The first-order valence-electron chi connectivity index (χ1n) is 10.8. The Balaban J connectivity index is 1.70. The number of carbonyl (C=O) groups excluding carboxylic acids is 1. The van der Waals surface area contributed by atoms with Gasteiger partial charge in [-0.05, 0) is 31.5 Å². The number of nitriles is 2. The van der Waals surface area contributed by atoms with Crippen LogP contribution in [0.3, 0.4) is 0 Å². The van der Waals surface area contributed by atoms with Gasteiger partial charge in [0.25, 0.3) is 0 Å². The monoisotopic (exact) mass is 438 g/mol. The summed E-state index contributed by atoms with van der Waals surface area (Å²) in [5.74, 6) is 1.01. The molecule has 0 atom stereocenters. The maximum Gasteiger partial charge on any atom is 0.239 e. The van der Waals surface area contributed by atoms with Crippen molar-refractivity contribution >= 4 is 11.7 Å². The molecule has 2 aromatic heterocycles. The van der Waals surface area contributed by atoms with E-state index < -0.39 is 0 Å². The van der Waals surface area contributed by atoms with Gasteiger partial charge in [0.1, 0.15) is 17.6 Å². The number of rotatable bonds is 10. The summed E-state index contributed by atoms with van der Waals surface area (Å²) >= 11 is 0. The van der Waals surface area contributed by atoms with E-state index in [9.17, 15) is 10.1 Å². The second-order valence-electron chi connectivity index (χ2n) is 7.90. The zero-order valence-corrected chi connectivity index (χ0v) is 18.8. The smallest absolute Gasteiger partial charge is 0.239 e. The largest absolute Gasteiger partial charge is 0.467 e. The Hall–Kier alpha value is -3.11. The predicted molar refractivity (Wildman–Crippen MR) is 119 cm³/mol. The van der Waals surface area contributed by atoms with Crippen molar-refractivity contribution in [1.29, 1.82) is 10.5 Å². The summed E-state index contributed by atoms with van der Waals surface area (Å²) in [6.07, 6.45) is 1.96. The van der Waals surface area contributed by atoms with Crippen molar-refractivity contribution in [2.75, 3.05) is 57.8 Å². The Labute approximate surface area is 188 Å². The summed E-state index contributed by atoms with van der Waals surface area (Å²) in [7, 11) is 0. The minimum atomic E-state index is -0.209. The molecule has 32 heavy (non-hydrogen) atoms. The molecule has 0 bridgehead atoms. The highest BCUT2D eigenvalue weighted by molar-refractivity contribution is 5.93. The van der Waals surface area contributed by atoms with E-state index in [1.54, 1.807) is 6.26 Å². The molecular formula is C23H30N6O3. The van der Waals surface area contributed by atoms with Gasteiger partial charge in [-0.2, -0.15) is 10.5 Å². The molecular weight excluding hydrogens is 408 g/mol. The van der Waals surface area contributed by atoms with Crippen LogP contribution in [0.1, 0.15) is 29.0 Å². The van der Waals surface area contributed by atoms with Crippen LogP contribution in [0.5, 0.6) is 0 Å². The van der Waals surface area contributed by atoms with E-state index in [-0.39, 0.29) is 12.5 Å². The molecule has 9 nitrogen and oxygen atoms in total. The molecule has 0 aliphatic carbocycles. The Bertz CT molecular complexity index is 977. The van der Waals surface area contributed by atoms with Crippen molar-refractivity contribution in [3.8, 4) is 12.1 Å². The third kappa shape index (κ3) is 5.98. The van der Waals surface area contributed by atoms with Gasteiger partial charge in [0.05, 0.1) is 44.2 Å². The number of furan rings is 1. The van der Waals surface area contributed by atoms with Crippen molar-refractivity contribution in [3.63, 3.8) is 0 Å². The van der Waals surface area contributed by atoms with E-state index in [2.05, 4.69) is 22.4 Å². The van der Waals surface area contributed by atoms with Crippen LogP contribution in [0, 0.1) is 36.5 Å². The van der Waals surface area contributed by atoms with Gasteiger partial charge in [0.2, 0.25) is 5.91 Å². The maximum absolute atomic E-state index is 13.0. The highest BCUT2D eigenvalue weighted by Crippen LogP contribution is 2.27. The second-order valence-corrected chi connectivity index (χ2v) is 7.90. The Morgan fingerprint density at radius 1 is 1.25 bits per heavy atom. The summed E-state index contributed by atoms with van der Waals surface area (Å²) in [5.41, 5.74) is 2.20. The normalized spacial score (nSPS) is 14.3. The first-order valence-corrected chi connectivity index (χ1v) is 10.8. The molecule has 1 N–H and O–H groups in total. The lowest BCUT2D eigenvalue weighted by Gasteiger charge is -2.29. The molecule has 3 rings (SSSR count). The van der Waals surface area contributed by atoms with Gasteiger partial charge in [-0.25, -0.2) is 0 Å². The average Bonchev–Trinajstić information content (AvgIpc) is 3.39. The minimum Gasteiger partial charge on any atom is -0.467 e. The van der Waals surface area contributed by atoms with Crippen LogP contribution in [0.15, 0.2) is 22.8 Å². The van der Waals surface area contributed by atoms with Crippen molar-refractivity contribution in [3.05, 3.63) is 41.0 Å². The van der Waals surface area contributed by atoms with Crippen molar-refractivity contribution in [2.24, 2.45) is 0 Å². The Morgan fingerprint density at radius 2 is 2.03 bits per heavy atom. The zero-order valence-electron chi connectivity index (χ0n) is 18.8. The quantitative estimate of drug-likeness (QED) is 0.605. The van der Waals surface area contributed by atoms with E-state index >= 15 is 0 Å². The topological polar surface area (TPSA) is 110 Å². The van der Waals surface area contributed by atoms with Crippen molar-refractivity contribution in [1.82, 2.24) is 14.4 Å². The van der Waals surface area contributed by atoms with Crippen LogP contribution >= 0.6 is 0 Å². The number of anilines is 1. The van der Waals surface area contributed by atoms with E-state index in [0.29, 0.717) is 37.4 Å². The van der Waals surface area contributed by atoms with E-state index in [1.807, 2.05) is 35.4 Å². The maximum atomic E-state index is 13.0. The second kappa shape index (κ2) is 11.5. The number of nitrogens with one attached hydrogen (secondary N) is 1. The molecule has 1 fully saturated rings. The lowest BCUT2D eigenvalue weighted by molar-refractivity contribution is -0.117. The van der Waals surface area contributed by atoms with Gasteiger partial charge < -0.3 is 19.0 Å². The van der Waals surface area contributed by atoms with Gasteiger partial charge in [-0.15, -0.1) is 0 Å². The fraction of sp³-hybridized carbons (Fsp3) is 0.522. The standard InChI is InChI=1S/C23H30N6O3/c1-18-19(2)29(16-20-5-3-12-32-20)23(21(18)15-25)26-22(30)17-28(7-4-6-24)9-8-27-10-13-31-14-11-27/h3,5,12H,4,7-11,13-14,16-17H2,1-2H3,(H,26,30). The van der Waals surface area contributed by atoms with Gasteiger partial charge in [-0.3, -0.25) is 14.6 Å². The summed E-state index contributed by atoms with van der Waals surface area (Å²) in [5, 5.41) is 21.7. The molecule has 0 unspecified atom stereocenters. The first-order chi connectivity index (χ1) is 15.5. The molecule has 0 aromatic carbocycles. The molecule has 0 radical (unpaired) electrons. The fourth-order valence-electron chi connectivity index (χ4n) is 3.85. The molecule has 1 aliphatic rings. The molecule has 0 spiro atoms. The molecule has 2 aromatic rings. The molecule has 0 saturated carbocycles. The number of nitrogens with zero attached hydrogens (tertiary/aromatic N) is 5. The van der Waals surface area contributed by atoms with Gasteiger partial charge in [0.15, 0.2) is 0 Å². The number of amides is 1. The van der Waals surface area contributed by atoms with Gasteiger partial charge in [0, 0.05) is 44.8 Å². The lowest BCUT2D eigenvalue weighted by atomic mass is 10.2. The van der Waals surface area contributed by atoms with E-state index in [4.69, 9.17) is 14.4 Å². The van der Waals surface area contributed by atoms with Crippen LogP contribution in [-0.2, 0) is 16.1 Å². The summed E-state index contributed by atoms with van der Waals surface area (Å²) in [6.45, 7) is 9.61. The number of hydrogen-bond donors (Lipinski definition) is 1. The summed E-state index contributed by atoms with van der Waals surface area (Å²) < 4.78 is 12.8. The average molecular weight is 439 g/mol. The highest BCUT2D eigenvalue weighted by Gasteiger charge is 2.22. The van der Waals surface area contributed by atoms with Crippen LogP contribution in [0.25, 0.3) is 0 Å². The van der Waals surface area contributed by atoms with Gasteiger partial charge in [-0.1, -0.05) is 0 Å². The van der Waals surface area contributed by atoms with E-state index in [1.165, 1.54) is 0 Å². The molecule has 9 heteroatoms. The SMILES string of the molecule is Cc1c(C#N)c(NC(=O)CN(CCC#N)CCN2CCOCC2)n(Cc2ccco2)c1C. The third-order valence-electron chi connectivity index (χ3n) is 5.84. The highest BCUT2D eigenvalue weighted by atomic mass is 16.5. The van der Waals surface area contributed by atoms with Gasteiger partial charge >= 0.3 is 0 Å². The molecule has 170 valence electrons. The van der Waals surface area contributed by atoms with Crippen molar-refractivity contribution in [2.45, 2.75) is 26.8 Å². The molecule has 3 heterocycles. The number of morpholine rings is 1. The molecule has 1 aliphatic heterocycles. The molecule has 1 saturated heterocycles. The number of carbonyl (C=O) groups is 1. The fourth-order valence-corrected chi connectivity index (χ4v) is 3.85. The molecule has 1 amide bonds. The minimum absolute atomic E-state index is 0.154. The van der Waals surface area contributed by atoms with E-state index in [0.717, 1.165) is 49.9 Å². The predicted octanol–water partition coefficient (Wildman–Crippen LogP) is 2.10. The number of aromatic nitrogens is 1. The summed E-state index contributed by atoms with van der Waals surface area (Å²) in [4.78, 5) is 17.3. The first kappa shape index (κ1) is 23.6. The zero-order chi connectivity index (χ0) is 22.9. The van der Waals surface area contributed by atoms with Crippen LogP contribution < -0.4 is 5.32 Å². The van der Waals surface area contributed by atoms with Crippen LogP contribution in [0.4, 0.5) is 5.82 Å². The van der Waals surface area contributed by atoms with Crippen LogP contribution in [0.2, 0.25) is 0 Å².